The molecule has 1 saturated heterocycles. The Labute approximate surface area is 85.3 Å². The molecule has 1 fully saturated rings. The zero-order valence-electron chi connectivity index (χ0n) is 8.39. The number of hydrogen-bond acceptors (Lipinski definition) is 2. The molecule has 2 nitrogen and oxygen atoms in total. The van der Waals surface area contributed by atoms with Crippen molar-refractivity contribution in [3.05, 3.63) is 42.7 Å². The lowest BCUT2D eigenvalue weighted by Crippen LogP contribution is -2.23. The van der Waals surface area contributed by atoms with E-state index >= 15 is 0 Å². The van der Waals surface area contributed by atoms with Gasteiger partial charge < -0.3 is 0 Å². The molecule has 0 radical (unpaired) electrons. The fourth-order valence-electron chi connectivity index (χ4n) is 2.16. The van der Waals surface area contributed by atoms with Gasteiger partial charge in [0.1, 0.15) is 0 Å². The quantitative estimate of drug-likeness (QED) is 0.677. The van der Waals surface area contributed by atoms with Crippen LogP contribution in [0, 0.1) is 0 Å². The number of hydrogen-bond donors (Lipinski definition) is 0. The highest BCUT2D eigenvalue weighted by molar-refractivity contribution is 5.15. The minimum atomic E-state index is 0.557. The highest BCUT2D eigenvalue weighted by Gasteiger charge is 2.24. The van der Waals surface area contributed by atoms with Crippen molar-refractivity contribution in [3.8, 4) is 0 Å². The third-order valence-electron chi connectivity index (χ3n) is 2.80. The van der Waals surface area contributed by atoms with E-state index in [1.165, 1.54) is 24.9 Å². The van der Waals surface area contributed by atoms with Crippen molar-refractivity contribution in [2.75, 3.05) is 13.1 Å². The zero-order chi connectivity index (χ0) is 9.80. The van der Waals surface area contributed by atoms with Crippen LogP contribution in [0.1, 0.15) is 24.4 Å². The fourth-order valence-corrected chi connectivity index (χ4v) is 2.16. The van der Waals surface area contributed by atoms with Crippen LogP contribution in [0.15, 0.2) is 37.2 Å². The Morgan fingerprint density at radius 3 is 3.29 bits per heavy atom. The lowest BCUT2D eigenvalue weighted by atomic mass is 10.1. The van der Waals surface area contributed by atoms with E-state index in [1.54, 1.807) is 0 Å². The van der Waals surface area contributed by atoms with Crippen molar-refractivity contribution < 1.29 is 0 Å². The average molecular weight is 188 g/mol. The van der Waals surface area contributed by atoms with Gasteiger partial charge in [0.15, 0.2) is 0 Å². The smallest absolute Gasteiger partial charge is 0.0367 e. The molecule has 0 amide bonds. The summed E-state index contributed by atoms with van der Waals surface area (Å²) >= 11 is 0. The predicted molar refractivity (Wildman–Crippen MR) is 58.0 cm³/mol. The van der Waals surface area contributed by atoms with Gasteiger partial charge in [-0.3, -0.25) is 9.88 Å². The molecule has 1 aliphatic heterocycles. The lowest BCUT2D eigenvalue weighted by Gasteiger charge is -2.22. The summed E-state index contributed by atoms with van der Waals surface area (Å²) in [5, 5.41) is 0. The van der Waals surface area contributed by atoms with E-state index in [-0.39, 0.29) is 0 Å². The fraction of sp³-hybridized carbons (Fsp3) is 0.417. The van der Waals surface area contributed by atoms with Crippen LogP contribution in [-0.4, -0.2) is 23.0 Å². The van der Waals surface area contributed by atoms with Crippen molar-refractivity contribution in [3.63, 3.8) is 0 Å². The Kier molecular flexibility index (Phi) is 2.94. The highest BCUT2D eigenvalue weighted by Crippen LogP contribution is 2.30. The van der Waals surface area contributed by atoms with Gasteiger partial charge in [-0.2, -0.15) is 0 Å². The van der Waals surface area contributed by atoms with E-state index in [9.17, 15) is 0 Å². The molecule has 0 spiro atoms. The molecular formula is C12H16N2. The van der Waals surface area contributed by atoms with Gasteiger partial charge in [0, 0.05) is 25.0 Å². The Morgan fingerprint density at radius 2 is 2.57 bits per heavy atom. The topological polar surface area (TPSA) is 16.1 Å². The lowest BCUT2D eigenvalue weighted by molar-refractivity contribution is 0.285. The summed E-state index contributed by atoms with van der Waals surface area (Å²) in [6.45, 7) is 5.97. The summed E-state index contributed by atoms with van der Waals surface area (Å²) in [4.78, 5) is 6.63. The Hall–Kier alpha value is -1.15. The van der Waals surface area contributed by atoms with Crippen LogP contribution in [0.5, 0.6) is 0 Å². The third-order valence-corrected chi connectivity index (χ3v) is 2.80. The van der Waals surface area contributed by atoms with Crippen molar-refractivity contribution >= 4 is 0 Å². The molecule has 1 atom stereocenters. The molecule has 0 aromatic carbocycles. The maximum absolute atomic E-state index is 4.17. The molecule has 1 aromatic rings. The summed E-state index contributed by atoms with van der Waals surface area (Å²) in [5.41, 5.74) is 1.34. The number of pyridine rings is 1. The van der Waals surface area contributed by atoms with Gasteiger partial charge in [-0.1, -0.05) is 12.1 Å². The molecule has 1 unspecified atom stereocenters. The second-order valence-corrected chi connectivity index (χ2v) is 3.73. The van der Waals surface area contributed by atoms with E-state index in [4.69, 9.17) is 0 Å². The van der Waals surface area contributed by atoms with E-state index in [1.807, 2.05) is 24.5 Å². The van der Waals surface area contributed by atoms with Gasteiger partial charge in [0.25, 0.3) is 0 Å². The van der Waals surface area contributed by atoms with Crippen molar-refractivity contribution in [2.24, 2.45) is 0 Å². The van der Waals surface area contributed by atoms with Crippen molar-refractivity contribution in [1.82, 2.24) is 9.88 Å². The van der Waals surface area contributed by atoms with Crippen LogP contribution < -0.4 is 0 Å². The van der Waals surface area contributed by atoms with Crippen LogP contribution in [0.25, 0.3) is 0 Å². The molecule has 2 rings (SSSR count). The molecule has 0 bridgehead atoms. The summed E-state index contributed by atoms with van der Waals surface area (Å²) in [6.07, 6.45) is 8.32. The Balaban J connectivity index is 2.13. The largest absolute Gasteiger partial charge is 0.293 e. The molecule has 2 heteroatoms. The molecule has 0 N–H and O–H groups in total. The molecule has 1 aromatic heterocycles. The average Bonchev–Trinajstić information content (AvgIpc) is 2.68. The number of likely N-dealkylation sites (tertiary alicyclic amines) is 1. The van der Waals surface area contributed by atoms with Crippen LogP contribution in [-0.2, 0) is 0 Å². The van der Waals surface area contributed by atoms with Gasteiger partial charge in [0.05, 0.1) is 0 Å². The normalized spacial score (nSPS) is 22.4. The minimum Gasteiger partial charge on any atom is -0.293 e. The van der Waals surface area contributed by atoms with E-state index in [0.717, 1.165) is 6.54 Å². The first-order valence-electron chi connectivity index (χ1n) is 5.16. The van der Waals surface area contributed by atoms with Crippen LogP contribution in [0.2, 0.25) is 0 Å². The number of aromatic nitrogens is 1. The van der Waals surface area contributed by atoms with Gasteiger partial charge in [-0.05, 0) is 31.0 Å². The molecule has 14 heavy (non-hydrogen) atoms. The predicted octanol–water partition coefficient (Wildman–Crippen LogP) is 2.40. The summed E-state index contributed by atoms with van der Waals surface area (Å²) in [6, 6.07) is 4.74. The summed E-state index contributed by atoms with van der Waals surface area (Å²) in [7, 11) is 0. The van der Waals surface area contributed by atoms with Crippen LogP contribution in [0.4, 0.5) is 0 Å². The van der Waals surface area contributed by atoms with Gasteiger partial charge in [-0.25, -0.2) is 0 Å². The molecule has 0 saturated carbocycles. The first kappa shape index (κ1) is 9.41. The van der Waals surface area contributed by atoms with Gasteiger partial charge in [-0.15, -0.1) is 6.58 Å². The minimum absolute atomic E-state index is 0.557. The Bertz CT molecular complexity index is 294. The van der Waals surface area contributed by atoms with Crippen LogP contribution in [0.3, 0.4) is 0 Å². The molecule has 1 aliphatic rings. The van der Waals surface area contributed by atoms with Gasteiger partial charge >= 0.3 is 0 Å². The van der Waals surface area contributed by atoms with Gasteiger partial charge in [0.2, 0.25) is 0 Å². The number of rotatable bonds is 3. The Morgan fingerprint density at radius 1 is 1.64 bits per heavy atom. The number of nitrogens with zero attached hydrogens (tertiary/aromatic N) is 2. The maximum atomic E-state index is 4.17. The summed E-state index contributed by atoms with van der Waals surface area (Å²) in [5.74, 6) is 0. The van der Waals surface area contributed by atoms with Crippen molar-refractivity contribution in [1.29, 1.82) is 0 Å². The highest BCUT2D eigenvalue weighted by atomic mass is 15.2. The van der Waals surface area contributed by atoms with E-state index in [2.05, 4.69) is 22.5 Å². The SMILES string of the molecule is C=CCN1CCCC1c1cccnc1. The molecule has 0 aliphatic carbocycles. The second-order valence-electron chi connectivity index (χ2n) is 3.73. The third kappa shape index (κ3) is 1.85. The maximum Gasteiger partial charge on any atom is 0.0367 e. The zero-order valence-corrected chi connectivity index (χ0v) is 8.39. The molecule has 2 heterocycles. The molecule has 74 valence electrons. The van der Waals surface area contributed by atoms with E-state index < -0.39 is 0 Å². The first-order chi connectivity index (χ1) is 6.92. The second kappa shape index (κ2) is 4.38. The summed E-state index contributed by atoms with van der Waals surface area (Å²) < 4.78 is 0. The van der Waals surface area contributed by atoms with Crippen LogP contribution >= 0.6 is 0 Å². The van der Waals surface area contributed by atoms with Crippen molar-refractivity contribution in [2.45, 2.75) is 18.9 Å². The monoisotopic (exact) mass is 188 g/mol. The first-order valence-corrected chi connectivity index (χ1v) is 5.16. The standard InChI is InChI=1S/C12H16N2/c1-2-8-14-9-4-6-12(14)11-5-3-7-13-10-11/h2-3,5,7,10,12H,1,4,6,8-9H2. The van der Waals surface area contributed by atoms with E-state index in [0.29, 0.717) is 6.04 Å². The molecular weight excluding hydrogens is 172 g/mol.